The molecular weight excluding hydrogens is 396 g/mol. The number of hydrogen-bond acceptors (Lipinski definition) is 6. The van der Waals surface area contributed by atoms with Gasteiger partial charge in [-0.1, -0.05) is 22.8 Å². The van der Waals surface area contributed by atoms with Crippen LogP contribution in [0.5, 0.6) is 0 Å². The van der Waals surface area contributed by atoms with E-state index in [-0.39, 0.29) is 17.5 Å². The van der Waals surface area contributed by atoms with Crippen molar-refractivity contribution in [3.05, 3.63) is 75.1 Å². The Morgan fingerprint density at radius 3 is 2.79 bits per heavy atom. The summed E-state index contributed by atoms with van der Waals surface area (Å²) < 4.78 is 5.45. The minimum Gasteiger partial charge on any atom is -0.339 e. The Bertz CT molecular complexity index is 1050. The van der Waals surface area contributed by atoms with Crippen LogP contribution in [0, 0.1) is 10.1 Å². The third-order valence-electron chi connectivity index (χ3n) is 4.91. The summed E-state index contributed by atoms with van der Waals surface area (Å²) in [5, 5.41) is 15.6. The highest BCUT2D eigenvalue weighted by molar-refractivity contribution is 6.30. The molecule has 1 atom stereocenters. The molecule has 1 aliphatic heterocycles. The van der Waals surface area contributed by atoms with E-state index in [1.54, 1.807) is 23.1 Å². The fraction of sp³-hybridized carbons (Fsp3) is 0.250. The lowest BCUT2D eigenvalue weighted by molar-refractivity contribution is -0.384. The first-order chi connectivity index (χ1) is 14.0. The van der Waals surface area contributed by atoms with Crippen LogP contribution in [0.4, 0.5) is 5.69 Å². The van der Waals surface area contributed by atoms with E-state index < -0.39 is 4.92 Å². The molecule has 0 unspecified atom stereocenters. The molecule has 8 nitrogen and oxygen atoms in total. The van der Waals surface area contributed by atoms with E-state index >= 15 is 0 Å². The first kappa shape index (κ1) is 19.1. The van der Waals surface area contributed by atoms with Crippen molar-refractivity contribution in [3.63, 3.8) is 0 Å². The predicted molar refractivity (Wildman–Crippen MR) is 106 cm³/mol. The Hall–Kier alpha value is -3.26. The van der Waals surface area contributed by atoms with Crippen molar-refractivity contribution in [3.8, 4) is 11.4 Å². The molecule has 3 aromatic rings. The minimum absolute atomic E-state index is 0.0834. The van der Waals surface area contributed by atoms with Gasteiger partial charge in [0.2, 0.25) is 11.7 Å². The third-order valence-corrected chi connectivity index (χ3v) is 5.16. The summed E-state index contributed by atoms with van der Waals surface area (Å²) in [6, 6.07) is 12.9. The Morgan fingerprint density at radius 1 is 1.24 bits per heavy atom. The number of likely N-dealkylation sites (tertiary alicyclic amines) is 1. The Morgan fingerprint density at radius 2 is 2.03 bits per heavy atom. The number of rotatable bonds is 4. The average molecular weight is 413 g/mol. The third kappa shape index (κ3) is 4.12. The minimum atomic E-state index is -0.507. The summed E-state index contributed by atoms with van der Waals surface area (Å²) in [6.07, 6.45) is 1.60. The Kier molecular flexibility index (Phi) is 5.26. The molecule has 9 heteroatoms. The Balaban J connectivity index is 1.50. The monoisotopic (exact) mass is 412 g/mol. The number of piperidine rings is 1. The SMILES string of the molecule is O=C(c1cccc([N+](=O)[O-])c1)N1CCC[C@H](c2nc(-c3ccc(Cl)cc3)no2)C1. The number of benzene rings is 2. The summed E-state index contributed by atoms with van der Waals surface area (Å²) >= 11 is 5.91. The van der Waals surface area contributed by atoms with Gasteiger partial charge in [-0.2, -0.15) is 4.98 Å². The number of nitro benzene ring substituents is 1. The molecule has 0 spiro atoms. The van der Waals surface area contributed by atoms with Crippen LogP contribution in [0.25, 0.3) is 11.4 Å². The second kappa shape index (κ2) is 8.00. The molecule has 4 rings (SSSR count). The van der Waals surface area contributed by atoms with Crippen LogP contribution in [-0.4, -0.2) is 39.0 Å². The van der Waals surface area contributed by atoms with Crippen LogP contribution in [0.1, 0.15) is 35.0 Å². The van der Waals surface area contributed by atoms with E-state index in [0.29, 0.717) is 35.4 Å². The van der Waals surface area contributed by atoms with Crippen molar-refractivity contribution < 1.29 is 14.2 Å². The molecule has 2 aromatic carbocycles. The zero-order chi connectivity index (χ0) is 20.4. The number of nitrogens with zero attached hydrogens (tertiary/aromatic N) is 4. The van der Waals surface area contributed by atoms with Crippen LogP contribution in [0.2, 0.25) is 5.02 Å². The maximum absolute atomic E-state index is 12.8. The molecule has 2 heterocycles. The normalized spacial score (nSPS) is 16.6. The summed E-state index contributed by atoms with van der Waals surface area (Å²) in [7, 11) is 0. The van der Waals surface area contributed by atoms with Gasteiger partial charge in [0, 0.05) is 41.4 Å². The summed E-state index contributed by atoms with van der Waals surface area (Å²) in [4.78, 5) is 29.5. The van der Waals surface area contributed by atoms with E-state index in [0.717, 1.165) is 18.4 Å². The lowest BCUT2D eigenvalue weighted by Gasteiger charge is -2.31. The lowest BCUT2D eigenvalue weighted by atomic mass is 9.97. The quantitative estimate of drug-likeness (QED) is 0.467. The van der Waals surface area contributed by atoms with E-state index in [4.69, 9.17) is 16.1 Å². The van der Waals surface area contributed by atoms with Gasteiger partial charge in [-0.15, -0.1) is 0 Å². The molecule has 1 saturated heterocycles. The molecule has 0 bridgehead atoms. The number of halogens is 1. The maximum atomic E-state index is 12.8. The number of nitro groups is 1. The van der Waals surface area contributed by atoms with Crippen molar-refractivity contribution in [1.82, 2.24) is 15.0 Å². The van der Waals surface area contributed by atoms with Gasteiger partial charge in [0.05, 0.1) is 10.8 Å². The van der Waals surface area contributed by atoms with Gasteiger partial charge in [-0.05, 0) is 43.2 Å². The topological polar surface area (TPSA) is 102 Å². The van der Waals surface area contributed by atoms with Gasteiger partial charge in [-0.25, -0.2) is 0 Å². The molecule has 1 aromatic heterocycles. The van der Waals surface area contributed by atoms with Crippen LogP contribution in [0.3, 0.4) is 0 Å². The molecule has 0 saturated carbocycles. The number of amides is 1. The van der Waals surface area contributed by atoms with Crippen molar-refractivity contribution in [1.29, 1.82) is 0 Å². The molecular formula is C20H17ClN4O4. The fourth-order valence-corrected chi connectivity index (χ4v) is 3.54. The average Bonchev–Trinajstić information content (AvgIpc) is 3.24. The molecule has 29 heavy (non-hydrogen) atoms. The standard InChI is InChI=1S/C20H17ClN4O4/c21-16-8-6-13(7-9-16)18-22-19(29-23-18)15-4-2-10-24(12-15)20(26)14-3-1-5-17(11-14)25(27)28/h1,3,5-9,11,15H,2,4,10,12H2/t15-/m0/s1. The van der Waals surface area contributed by atoms with Crippen LogP contribution in [0.15, 0.2) is 53.1 Å². The largest absolute Gasteiger partial charge is 0.339 e. The van der Waals surface area contributed by atoms with Crippen molar-refractivity contribution in [2.45, 2.75) is 18.8 Å². The van der Waals surface area contributed by atoms with Gasteiger partial charge in [0.1, 0.15) is 0 Å². The number of carbonyl (C=O) groups excluding carboxylic acids is 1. The zero-order valence-electron chi connectivity index (χ0n) is 15.3. The van der Waals surface area contributed by atoms with Crippen molar-refractivity contribution in [2.75, 3.05) is 13.1 Å². The smallest absolute Gasteiger partial charge is 0.270 e. The highest BCUT2D eigenvalue weighted by Gasteiger charge is 2.29. The van der Waals surface area contributed by atoms with E-state index in [2.05, 4.69) is 10.1 Å². The van der Waals surface area contributed by atoms with E-state index in [1.165, 1.54) is 18.2 Å². The summed E-state index contributed by atoms with van der Waals surface area (Å²) in [5.41, 5.74) is 0.992. The van der Waals surface area contributed by atoms with Gasteiger partial charge in [-0.3, -0.25) is 14.9 Å². The van der Waals surface area contributed by atoms with E-state index in [9.17, 15) is 14.9 Å². The van der Waals surface area contributed by atoms with Crippen molar-refractivity contribution in [2.24, 2.45) is 0 Å². The second-order valence-corrected chi connectivity index (χ2v) is 7.30. The second-order valence-electron chi connectivity index (χ2n) is 6.86. The highest BCUT2D eigenvalue weighted by atomic mass is 35.5. The van der Waals surface area contributed by atoms with Crippen LogP contribution in [-0.2, 0) is 0 Å². The predicted octanol–water partition coefficient (Wildman–Crippen LogP) is 4.32. The van der Waals surface area contributed by atoms with Gasteiger partial charge < -0.3 is 9.42 Å². The first-order valence-electron chi connectivity index (χ1n) is 9.14. The first-order valence-corrected chi connectivity index (χ1v) is 9.52. The van der Waals surface area contributed by atoms with Crippen LogP contribution >= 0.6 is 11.6 Å². The molecule has 0 radical (unpaired) electrons. The van der Waals surface area contributed by atoms with Gasteiger partial charge in [0.25, 0.3) is 11.6 Å². The number of carbonyl (C=O) groups is 1. The number of hydrogen-bond donors (Lipinski definition) is 0. The molecule has 1 aliphatic rings. The van der Waals surface area contributed by atoms with Gasteiger partial charge in [0.15, 0.2) is 0 Å². The van der Waals surface area contributed by atoms with Gasteiger partial charge >= 0.3 is 0 Å². The summed E-state index contributed by atoms with van der Waals surface area (Å²) in [6.45, 7) is 1.000. The maximum Gasteiger partial charge on any atom is 0.270 e. The number of aromatic nitrogens is 2. The summed E-state index contributed by atoms with van der Waals surface area (Å²) in [5.74, 6) is 0.626. The van der Waals surface area contributed by atoms with Crippen LogP contribution < -0.4 is 0 Å². The van der Waals surface area contributed by atoms with E-state index in [1.807, 2.05) is 12.1 Å². The fourth-order valence-electron chi connectivity index (χ4n) is 3.42. The zero-order valence-corrected chi connectivity index (χ0v) is 16.1. The lowest BCUT2D eigenvalue weighted by Crippen LogP contribution is -2.39. The molecule has 1 fully saturated rings. The molecule has 0 aliphatic carbocycles. The number of non-ortho nitro benzene ring substituents is 1. The molecule has 148 valence electrons. The molecule has 1 amide bonds. The highest BCUT2D eigenvalue weighted by Crippen LogP contribution is 2.29. The molecule has 0 N–H and O–H groups in total. The van der Waals surface area contributed by atoms with Crippen molar-refractivity contribution >= 4 is 23.2 Å². The Labute approximate surface area is 171 Å².